The largest absolute Gasteiger partial charge is 0.392 e. The van der Waals surface area contributed by atoms with Gasteiger partial charge >= 0.3 is 0 Å². The van der Waals surface area contributed by atoms with Gasteiger partial charge in [0.05, 0.1) is 6.10 Å². The maximum atomic E-state index is 9.66. The average molecular weight is 166 g/mol. The summed E-state index contributed by atoms with van der Waals surface area (Å²) in [6.07, 6.45) is 13.0. The Morgan fingerprint density at radius 3 is 2.33 bits per heavy atom. The normalized spacial score (nSPS) is 22.7. The highest BCUT2D eigenvalue weighted by atomic mass is 16.3. The first-order chi connectivity index (χ1) is 5.84. The average Bonchev–Trinajstić information content (AvgIpc) is 2.32. The lowest BCUT2D eigenvalue weighted by Crippen LogP contribution is -2.19. The molecular formula is C11H18O. The van der Waals surface area contributed by atoms with Gasteiger partial charge in [-0.1, -0.05) is 25.7 Å². The number of hydrogen-bond acceptors (Lipinski definition) is 1. The van der Waals surface area contributed by atoms with Crippen molar-refractivity contribution in [3.63, 3.8) is 0 Å². The van der Waals surface area contributed by atoms with E-state index in [1.807, 2.05) is 0 Å². The highest BCUT2D eigenvalue weighted by Gasteiger charge is 2.19. The summed E-state index contributed by atoms with van der Waals surface area (Å²) in [5, 5.41) is 9.66. The SMILES string of the molecule is C#CCC(O)C1CCCCCC1. The van der Waals surface area contributed by atoms with Crippen LogP contribution in [0, 0.1) is 18.3 Å². The van der Waals surface area contributed by atoms with Crippen molar-refractivity contribution in [1.29, 1.82) is 0 Å². The molecule has 1 aliphatic carbocycles. The molecule has 1 heteroatoms. The fourth-order valence-electron chi connectivity index (χ4n) is 1.98. The van der Waals surface area contributed by atoms with Gasteiger partial charge in [-0.25, -0.2) is 0 Å². The van der Waals surface area contributed by atoms with Gasteiger partial charge in [0.1, 0.15) is 0 Å². The molecule has 1 fully saturated rings. The van der Waals surface area contributed by atoms with Gasteiger partial charge in [-0.15, -0.1) is 12.3 Å². The first-order valence-corrected chi connectivity index (χ1v) is 4.96. The van der Waals surface area contributed by atoms with Gasteiger partial charge in [0.2, 0.25) is 0 Å². The zero-order valence-electron chi connectivity index (χ0n) is 7.63. The van der Waals surface area contributed by atoms with Gasteiger partial charge < -0.3 is 5.11 Å². The highest BCUT2D eigenvalue weighted by molar-refractivity contribution is 4.89. The topological polar surface area (TPSA) is 20.2 Å². The van der Waals surface area contributed by atoms with Gasteiger partial charge in [-0.05, 0) is 18.8 Å². The molecule has 0 spiro atoms. The molecule has 0 amide bonds. The number of aliphatic hydroxyl groups is 1. The molecule has 0 aromatic carbocycles. The predicted octanol–water partition coefficient (Wildman–Crippen LogP) is 2.34. The number of terminal acetylenes is 1. The Morgan fingerprint density at radius 1 is 1.25 bits per heavy atom. The van der Waals surface area contributed by atoms with Crippen LogP contribution in [0.4, 0.5) is 0 Å². The summed E-state index contributed by atoms with van der Waals surface area (Å²) in [4.78, 5) is 0. The van der Waals surface area contributed by atoms with E-state index in [0.717, 1.165) is 0 Å². The summed E-state index contributed by atoms with van der Waals surface area (Å²) in [5.74, 6) is 3.01. The second-order valence-electron chi connectivity index (χ2n) is 3.73. The van der Waals surface area contributed by atoms with Crippen LogP contribution in [-0.4, -0.2) is 11.2 Å². The monoisotopic (exact) mass is 166 g/mol. The summed E-state index contributed by atoms with van der Waals surface area (Å²) in [6.45, 7) is 0. The lowest BCUT2D eigenvalue weighted by molar-refractivity contribution is 0.103. The Labute approximate surface area is 75.2 Å². The third-order valence-corrected chi connectivity index (χ3v) is 2.77. The zero-order valence-corrected chi connectivity index (χ0v) is 7.63. The van der Waals surface area contributed by atoms with E-state index >= 15 is 0 Å². The molecule has 1 aliphatic rings. The van der Waals surface area contributed by atoms with Crippen molar-refractivity contribution >= 4 is 0 Å². The van der Waals surface area contributed by atoms with Crippen molar-refractivity contribution in [3.8, 4) is 12.3 Å². The quantitative estimate of drug-likeness (QED) is 0.493. The van der Waals surface area contributed by atoms with Crippen molar-refractivity contribution in [2.45, 2.75) is 51.0 Å². The smallest absolute Gasteiger partial charge is 0.0677 e. The Kier molecular flexibility index (Phi) is 4.18. The van der Waals surface area contributed by atoms with Crippen molar-refractivity contribution < 1.29 is 5.11 Å². The Balaban J connectivity index is 2.33. The third-order valence-electron chi connectivity index (χ3n) is 2.77. The van der Waals surface area contributed by atoms with E-state index in [1.54, 1.807) is 0 Å². The predicted molar refractivity (Wildman–Crippen MR) is 50.6 cm³/mol. The maximum Gasteiger partial charge on any atom is 0.0677 e. The standard InChI is InChI=1S/C11H18O/c1-2-7-11(12)10-8-5-3-4-6-9-10/h1,10-12H,3-9H2. The molecule has 1 rings (SSSR count). The van der Waals surface area contributed by atoms with Gasteiger partial charge in [0.25, 0.3) is 0 Å². The van der Waals surface area contributed by atoms with Crippen molar-refractivity contribution in [1.82, 2.24) is 0 Å². The van der Waals surface area contributed by atoms with Crippen LogP contribution in [0.15, 0.2) is 0 Å². The third kappa shape index (κ3) is 2.87. The van der Waals surface area contributed by atoms with Crippen LogP contribution >= 0.6 is 0 Å². The van der Waals surface area contributed by atoms with Crippen LogP contribution < -0.4 is 0 Å². The molecule has 0 saturated heterocycles. The van der Waals surface area contributed by atoms with Crippen molar-refractivity contribution in [2.75, 3.05) is 0 Å². The van der Waals surface area contributed by atoms with Crippen LogP contribution in [0.1, 0.15) is 44.9 Å². The minimum atomic E-state index is -0.243. The molecule has 0 aromatic heterocycles. The summed E-state index contributed by atoms with van der Waals surface area (Å²) >= 11 is 0. The number of aliphatic hydroxyl groups excluding tert-OH is 1. The Morgan fingerprint density at radius 2 is 1.83 bits per heavy atom. The molecule has 68 valence electrons. The minimum absolute atomic E-state index is 0.243. The summed E-state index contributed by atoms with van der Waals surface area (Å²) < 4.78 is 0. The summed E-state index contributed by atoms with van der Waals surface area (Å²) in [5.41, 5.74) is 0. The number of hydrogen-bond donors (Lipinski definition) is 1. The molecule has 1 nitrogen and oxygen atoms in total. The summed E-state index contributed by atoms with van der Waals surface area (Å²) in [7, 11) is 0. The van der Waals surface area contributed by atoms with Gasteiger partial charge in [0, 0.05) is 6.42 Å². The highest BCUT2D eigenvalue weighted by Crippen LogP contribution is 2.26. The Hall–Kier alpha value is -0.480. The zero-order chi connectivity index (χ0) is 8.81. The lowest BCUT2D eigenvalue weighted by atomic mass is 9.92. The fraction of sp³-hybridized carbons (Fsp3) is 0.818. The lowest BCUT2D eigenvalue weighted by Gasteiger charge is -2.18. The first-order valence-electron chi connectivity index (χ1n) is 4.96. The van der Waals surface area contributed by atoms with E-state index in [-0.39, 0.29) is 6.10 Å². The molecule has 1 saturated carbocycles. The molecule has 1 unspecified atom stereocenters. The molecular weight excluding hydrogens is 148 g/mol. The molecule has 1 N–H and O–H groups in total. The fourth-order valence-corrected chi connectivity index (χ4v) is 1.98. The van der Waals surface area contributed by atoms with Crippen LogP contribution in [0.2, 0.25) is 0 Å². The van der Waals surface area contributed by atoms with E-state index in [2.05, 4.69) is 5.92 Å². The second kappa shape index (κ2) is 5.22. The molecule has 0 bridgehead atoms. The molecule has 0 heterocycles. The molecule has 0 aromatic rings. The van der Waals surface area contributed by atoms with Crippen LogP contribution in [0.5, 0.6) is 0 Å². The van der Waals surface area contributed by atoms with Crippen molar-refractivity contribution in [3.05, 3.63) is 0 Å². The van der Waals surface area contributed by atoms with Crippen molar-refractivity contribution in [2.24, 2.45) is 5.92 Å². The first kappa shape index (κ1) is 9.61. The Bertz CT molecular complexity index is 149. The van der Waals surface area contributed by atoms with E-state index in [4.69, 9.17) is 6.42 Å². The summed E-state index contributed by atoms with van der Waals surface area (Å²) in [6, 6.07) is 0. The molecule has 12 heavy (non-hydrogen) atoms. The van der Waals surface area contributed by atoms with E-state index < -0.39 is 0 Å². The van der Waals surface area contributed by atoms with Gasteiger partial charge in [-0.3, -0.25) is 0 Å². The van der Waals surface area contributed by atoms with E-state index in [1.165, 1.54) is 38.5 Å². The molecule has 1 atom stereocenters. The molecule has 0 aliphatic heterocycles. The van der Waals surface area contributed by atoms with Crippen LogP contribution in [0.3, 0.4) is 0 Å². The van der Waals surface area contributed by atoms with Crippen LogP contribution in [0.25, 0.3) is 0 Å². The number of rotatable bonds is 2. The molecule has 0 radical (unpaired) electrons. The van der Waals surface area contributed by atoms with Crippen LogP contribution in [-0.2, 0) is 0 Å². The minimum Gasteiger partial charge on any atom is -0.392 e. The van der Waals surface area contributed by atoms with E-state index in [9.17, 15) is 5.11 Å². The second-order valence-corrected chi connectivity index (χ2v) is 3.73. The maximum absolute atomic E-state index is 9.66. The van der Waals surface area contributed by atoms with E-state index in [0.29, 0.717) is 12.3 Å². The van der Waals surface area contributed by atoms with Gasteiger partial charge in [-0.2, -0.15) is 0 Å². The van der Waals surface area contributed by atoms with Gasteiger partial charge in [0.15, 0.2) is 0 Å².